The Morgan fingerprint density at radius 1 is 1.18 bits per heavy atom. The van der Waals surface area contributed by atoms with Gasteiger partial charge in [0.25, 0.3) is 10.1 Å². The van der Waals surface area contributed by atoms with Gasteiger partial charge in [-0.3, -0.25) is 4.55 Å². The largest absolute Gasteiger partial charge is 0.423 e. The molecule has 0 bridgehead atoms. The van der Waals surface area contributed by atoms with Crippen molar-refractivity contribution >= 4 is 48.8 Å². The van der Waals surface area contributed by atoms with Crippen molar-refractivity contribution in [1.29, 1.82) is 0 Å². The van der Waals surface area contributed by atoms with Crippen molar-refractivity contribution in [2.75, 3.05) is 6.26 Å². The zero-order valence-electron chi connectivity index (χ0n) is 11.4. The van der Waals surface area contributed by atoms with E-state index in [4.69, 9.17) is 9.29 Å². The molecule has 0 radical (unpaired) electrons. The molecule has 5 nitrogen and oxygen atoms in total. The first-order chi connectivity index (χ1) is 10.3. The second kappa shape index (κ2) is 7.01. The fraction of sp³-hybridized carbons (Fsp3) is 0.0714. The number of benzene rings is 1. The Balaban J connectivity index is 0.000000309. The first-order valence-corrected chi connectivity index (χ1v) is 9.64. The zero-order chi connectivity index (χ0) is 16.2. The van der Waals surface area contributed by atoms with Crippen LogP contribution in [-0.2, 0) is 10.1 Å². The summed E-state index contributed by atoms with van der Waals surface area (Å²) in [6.07, 6.45) is 0.715. The third kappa shape index (κ3) is 5.23. The molecular formula is C14H12O5S3. The molecule has 0 spiro atoms. The van der Waals surface area contributed by atoms with Gasteiger partial charge < -0.3 is 4.74 Å². The molecule has 0 fully saturated rings. The van der Waals surface area contributed by atoms with Crippen molar-refractivity contribution in [1.82, 2.24) is 0 Å². The van der Waals surface area contributed by atoms with Gasteiger partial charge in [-0.2, -0.15) is 19.8 Å². The molecular weight excluding hydrogens is 344 g/mol. The summed E-state index contributed by atoms with van der Waals surface area (Å²) >= 11 is 3.12. The molecule has 0 saturated carbocycles. The van der Waals surface area contributed by atoms with Crippen LogP contribution in [0.1, 0.15) is 10.4 Å². The van der Waals surface area contributed by atoms with Gasteiger partial charge in [0.2, 0.25) is 0 Å². The minimum atomic E-state index is -3.67. The van der Waals surface area contributed by atoms with Crippen molar-refractivity contribution < 1.29 is 22.5 Å². The number of ether oxygens (including phenoxy) is 1. The summed E-state index contributed by atoms with van der Waals surface area (Å²) in [5.41, 5.74) is 0.598. The van der Waals surface area contributed by atoms with Gasteiger partial charge in [0.15, 0.2) is 0 Å². The molecule has 1 aromatic carbocycles. The lowest BCUT2D eigenvalue weighted by Gasteiger charge is -2.02. The lowest BCUT2D eigenvalue weighted by molar-refractivity contribution is 0.0735. The molecule has 0 unspecified atom stereocenters. The molecule has 0 saturated heterocycles. The molecule has 0 amide bonds. The molecule has 0 aliphatic rings. The standard InChI is InChI=1S/C13H8O2S2.CH4O3S/c14-13(10-3-5-16-8-10)15-11-2-1-9-4-6-17-12(9)7-11;1-5(2,3)4/h1-8H;1H3,(H,2,3,4). The normalized spacial score (nSPS) is 10.8. The third-order valence-corrected chi connectivity index (χ3v) is 3.96. The van der Waals surface area contributed by atoms with Gasteiger partial charge in [0.1, 0.15) is 5.75 Å². The van der Waals surface area contributed by atoms with Gasteiger partial charge in [0, 0.05) is 10.1 Å². The Hall–Kier alpha value is -1.74. The van der Waals surface area contributed by atoms with E-state index < -0.39 is 10.1 Å². The third-order valence-electron chi connectivity index (χ3n) is 2.40. The van der Waals surface area contributed by atoms with E-state index in [1.165, 1.54) is 16.7 Å². The van der Waals surface area contributed by atoms with Crippen molar-refractivity contribution in [3.05, 3.63) is 52.0 Å². The Bertz CT molecular complexity index is 855. The Morgan fingerprint density at radius 2 is 1.91 bits per heavy atom. The minimum Gasteiger partial charge on any atom is -0.423 e. The van der Waals surface area contributed by atoms with Crippen LogP contribution in [0, 0.1) is 0 Å². The maximum atomic E-state index is 11.7. The van der Waals surface area contributed by atoms with Gasteiger partial charge in [-0.25, -0.2) is 4.79 Å². The van der Waals surface area contributed by atoms with Crippen molar-refractivity contribution in [2.24, 2.45) is 0 Å². The summed E-state index contributed by atoms with van der Waals surface area (Å²) in [5.74, 6) is 0.290. The summed E-state index contributed by atoms with van der Waals surface area (Å²) in [6, 6.07) is 9.48. The van der Waals surface area contributed by atoms with Gasteiger partial charge in [-0.05, 0) is 46.5 Å². The smallest absolute Gasteiger partial charge is 0.344 e. The van der Waals surface area contributed by atoms with Crippen LogP contribution in [0.15, 0.2) is 46.5 Å². The first kappa shape index (κ1) is 16.6. The molecule has 3 aromatic rings. The zero-order valence-corrected chi connectivity index (χ0v) is 13.9. The maximum Gasteiger partial charge on any atom is 0.344 e. The summed E-state index contributed by atoms with van der Waals surface area (Å²) in [5, 5.41) is 6.84. The molecule has 0 atom stereocenters. The number of fused-ring (bicyclic) bond motifs is 1. The van der Waals surface area contributed by atoms with Gasteiger partial charge in [-0.15, -0.1) is 11.3 Å². The topological polar surface area (TPSA) is 80.7 Å². The van der Waals surface area contributed by atoms with E-state index in [2.05, 4.69) is 0 Å². The molecule has 2 heterocycles. The minimum absolute atomic E-state index is 0.304. The Morgan fingerprint density at radius 3 is 2.55 bits per heavy atom. The average Bonchev–Trinajstić information content (AvgIpc) is 3.07. The van der Waals surface area contributed by atoms with Crippen molar-refractivity contribution in [2.45, 2.75) is 0 Å². The molecule has 8 heteroatoms. The highest BCUT2D eigenvalue weighted by atomic mass is 32.2. The Labute approximate surface area is 135 Å². The van der Waals surface area contributed by atoms with E-state index in [9.17, 15) is 13.2 Å². The number of esters is 1. The van der Waals surface area contributed by atoms with E-state index in [-0.39, 0.29) is 5.97 Å². The number of rotatable bonds is 2. The first-order valence-electron chi connectivity index (χ1n) is 5.97. The highest BCUT2D eigenvalue weighted by Gasteiger charge is 2.09. The van der Waals surface area contributed by atoms with Crippen molar-refractivity contribution in [3.63, 3.8) is 0 Å². The molecule has 0 aliphatic heterocycles. The maximum absolute atomic E-state index is 11.7. The van der Waals surface area contributed by atoms with Crippen LogP contribution >= 0.6 is 22.7 Å². The molecule has 1 N–H and O–H groups in total. The fourth-order valence-corrected chi connectivity index (χ4v) is 2.99. The lowest BCUT2D eigenvalue weighted by Crippen LogP contribution is -2.06. The number of thiophene rings is 2. The van der Waals surface area contributed by atoms with Crippen molar-refractivity contribution in [3.8, 4) is 5.75 Å². The van der Waals surface area contributed by atoms with E-state index in [0.29, 0.717) is 17.6 Å². The highest BCUT2D eigenvalue weighted by molar-refractivity contribution is 7.85. The SMILES string of the molecule is CS(=O)(=O)O.O=C(Oc1ccc2ccsc2c1)c1ccsc1. The Kier molecular flexibility index (Phi) is 5.30. The van der Waals surface area contributed by atoms with Crippen LogP contribution in [0.2, 0.25) is 0 Å². The van der Waals surface area contributed by atoms with Crippen LogP contribution in [0.25, 0.3) is 10.1 Å². The summed E-state index contributed by atoms with van der Waals surface area (Å²) in [6.45, 7) is 0. The second-order valence-corrected chi connectivity index (χ2v) is 7.45. The van der Waals surface area contributed by atoms with E-state index in [1.54, 1.807) is 22.8 Å². The number of hydrogen-bond donors (Lipinski definition) is 1. The van der Waals surface area contributed by atoms with Crippen LogP contribution in [0.3, 0.4) is 0 Å². The van der Waals surface area contributed by atoms with Crippen LogP contribution in [0.5, 0.6) is 5.75 Å². The van der Waals surface area contributed by atoms with E-state index in [0.717, 1.165) is 4.70 Å². The molecule has 116 valence electrons. The van der Waals surface area contributed by atoms with Gasteiger partial charge in [0.05, 0.1) is 11.8 Å². The predicted molar refractivity (Wildman–Crippen MR) is 88.6 cm³/mol. The molecule has 2 aromatic heterocycles. The summed E-state index contributed by atoms with van der Waals surface area (Å²) in [7, 11) is -3.67. The number of carbonyl (C=O) groups is 1. The summed E-state index contributed by atoms with van der Waals surface area (Å²) < 4.78 is 32.3. The van der Waals surface area contributed by atoms with E-state index in [1.807, 2.05) is 35.0 Å². The fourth-order valence-electron chi connectivity index (χ4n) is 1.55. The highest BCUT2D eigenvalue weighted by Crippen LogP contribution is 2.26. The monoisotopic (exact) mass is 356 g/mol. The van der Waals surface area contributed by atoms with Gasteiger partial charge in [-0.1, -0.05) is 0 Å². The number of hydrogen-bond acceptors (Lipinski definition) is 6. The second-order valence-electron chi connectivity index (χ2n) is 4.25. The van der Waals surface area contributed by atoms with Gasteiger partial charge >= 0.3 is 5.97 Å². The molecule has 22 heavy (non-hydrogen) atoms. The molecule has 3 rings (SSSR count). The molecule has 0 aliphatic carbocycles. The average molecular weight is 356 g/mol. The van der Waals surface area contributed by atoms with Crippen LogP contribution in [-0.4, -0.2) is 25.2 Å². The lowest BCUT2D eigenvalue weighted by atomic mass is 10.2. The summed E-state index contributed by atoms with van der Waals surface area (Å²) in [4.78, 5) is 11.7. The van der Waals surface area contributed by atoms with Crippen LogP contribution in [0.4, 0.5) is 0 Å². The number of carbonyl (C=O) groups excluding carboxylic acids is 1. The van der Waals surface area contributed by atoms with E-state index >= 15 is 0 Å². The predicted octanol–water partition coefficient (Wildman–Crippen LogP) is 3.69. The van der Waals surface area contributed by atoms with Crippen LogP contribution < -0.4 is 4.74 Å². The quantitative estimate of drug-likeness (QED) is 0.430.